The summed E-state index contributed by atoms with van der Waals surface area (Å²) in [6.07, 6.45) is 1.15. The van der Waals surface area contributed by atoms with Gasteiger partial charge in [-0.1, -0.05) is 15.9 Å². The first-order valence-corrected chi connectivity index (χ1v) is 6.38. The third kappa shape index (κ3) is 3.05. The third-order valence-electron chi connectivity index (χ3n) is 2.04. The Morgan fingerprint density at radius 3 is 2.56 bits per heavy atom. The molecule has 1 heterocycles. The van der Waals surface area contributed by atoms with Crippen LogP contribution in [0.4, 0.5) is 5.69 Å². The number of aromatic nitrogens is 1. The van der Waals surface area contributed by atoms with Gasteiger partial charge in [-0.3, -0.25) is 10.1 Å². The molecular weight excluding hydrogens is 368 g/mol. The number of rotatable bonds is 3. The van der Waals surface area contributed by atoms with E-state index in [2.05, 4.69) is 36.8 Å². The Kier molecular flexibility index (Phi) is 3.93. The first-order valence-electron chi connectivity index (χ1n) is 4.79. The van der Waals surface area contributed by atoms with Crippen LogP contribution in [0.2, 0.25) is 0 Å². The SMILES string of the molecule is O=[N+]([O-])c1ccc(Oc2ccc(Br)cc2Br)nc1. The summed E-state index contributed by atoms with van der Waals surface area (Å²) in [5.41, 5.74) is -0.0720. The van der Waals surface area contributed by atoms with Crippen LogP contribution in [0.25, 0.3) is 0 Å². The van der Waals surface area contributed by atoms with Crippen molar-refractivity contribution in [1.29, 1.82) is 0 Å². The Morgan fingerprint density at radius 2 is 2.00 bits per heavy atom. The van der Waals surface area contributed by atoms with Crippen molar-refractivity contribution < 1.29 is 9.66 Å². The topological polar surface area (TPSA) is 65.3 Å². The molecule has 0 spiro atoms. The summed E-state index contributed by atoms with van der Waals surface area (Å²) in [4.78, 5) is 13.8. The lowest BCUT2D eigenvalue weighted by atomic mass is 10.3. The maximum absolute atomic E-state index is 10.5. The van der Waals surface area contributed by atoms with Gasteiger partial charge in [0.2, 0.25) is 5.88 Å². The Balaban J connectivity index is 2.21. The monoisotopic (exact) mass is 372 g/mol. The number of benzene rings is 1. The number of halogens is 2. The van der Waals surface area contributed by atoms with Crippen molar-refractivity contribution in [3.63, 3.8) is 0 Å². The number of nitrogens with zero attached hydrogens (tertiary/aromatic N) is 2. The molecular formula is C11H6Br2N2O3. The Labute approximate surface area is 119 Å². The highest BCUT2D eigenvalue weighted by atomic mass is 79.9. The van der Waals surface area contributed by atoms with Crippen LogP contribution in [-0.2, 0) is 0 Å². The molecule has 0 amide bonds. The van der Waals surface area contributed by atoms with Crippen molar-refractivity contribution in [3.8, 4) is 11.6 Å². The third-order valence-corrected chi connectivity index (χ3v) is 3.15. The molecule has 0 fully saturated rings. The van der Waals surface area contributed by atoms with Crippen molar-refractivity contribution in [2.75, 3.05) is 0 Å². The van der Waals surface area contributed by atoms with E-state index in [1.807, 2.05) is 12.1 Å². The molecule has 0 aliphatic carbocycles. The lowest BCUT2D eigenvalue weighted by Gasteiger charge is -2.06. The zero-order chi connectivity index (χ0) is 13.1. The minimum Gasteiger partial charge on any atom is -0.438 e. The van der Waals surface area contributed by atoms with E-state index in [-0.39, 0.29) is 5.69 Å². The van der Waals surface area contributed by atoms with E-state index in [0.29, 0.717) is 11.6 Å². The molecule has 0 N–H and O–H groups in total. The fourth-order valence-corrected chi connectivity index (χ4v) is 2.34. The van der Waals surface area contributed by atoms with E-state index < -0.39 is 4.92 Å². The fraction of sp³-hybridized carbons (Fsp3) is 0. The smallest absolute Gasteiger partial charge is 0.287 e. The van der Waals surface area contributed by atoms with Crippen LogP contribution in [0.1, 0.15) is 0 Å². The molecule has 0 aliphatic heterocycles. The summed E-state index contributed by atoms with van der Waals surface area (Å²) in [6.45, 7) is 0. The summed E-state index contributed by atoms with van der Waals surface area (Å²) in [7, 11) is 0. The first-order chi connectivity index (χ1) is 8.56. The van der Waals surface area contributed by atoms with Gasteiger partial charge in [0.25, 0.3) is 5.69 Å². The van der Waals surface area contributed by atoms with Gasteiger partial charge in [-0.2, -0.15) is 0 Å². The van der Waals surface area contributed by atoms with E-state index in [1.165, 1.54) is 12.1 Å². The molecule has 0 aliphatic rings. The van der Waals surface area contributed by atoms with Gasteiger partial charge in [0.1, 0.15) is 11.9 Å². The van der Waals surface area contributed by atoms with E-state index in [4.69, 9.17) is 4.74 Å². The van der Waals surface area contributed by atoms with Gasteiger partial charge >= 0.3 is 0 Å². The number of nitro groups is 1. The molecule has 7 heteroatoms. The van der Waals surface area contributed by atoms with Gasteiger partial charge in [-0.15, -0.1) is 0 Å². The van der Waals surface area contributed by atoms with Crippen molar-refractivity contribution in [2.45, 2.75) is 0 Å². The zero-order valence-electron chi connectivity index (χ0n) is 8.84. The van der Waals surface area contributed by atoms with Gasteiger partial charge in [-0.05, 0) is 34.1 Å². The zero-order valence-corrected chi connectivity index (χ0v) is 12.0. The number of ether oxygens (including phenoxy) is 1. The maximum atomic E-state index is 10.5. The summed E-state index contributed by atoms with van der Waals surface area (Å²) >= 11 is 6.68. The first kappa shape index (κ1) is 13.0. The van der Waals surface area contributed by atoms with E-state index >= 15 is 0 Å². The average Bonchev–Trinajstić information content (AvgIpc) is 2.33. The predicted molar refractivity (Wildman–Crippen MR) is 72.8 cm³/mol. The van der Waals surface area contributed by atoms with Gasteiger partial charge in [0.15, 0.2) is 0 Å². The van der Waals surface area contributed by atoms with Crippen LogP contribution in [0.3, 0.4) is 0 Å². The quantitative estimate of drug-likeness (QED) is 0.594. The van der Waals surface area contributed by atoms with E-state index in [9.17, 15) is 10.1 Å². The molecule has 18 heavy (non-hydrogen) atoms. The molecule has 2 aromatic rings. The van der Waals surface area contributed by atoms with E-state index in [1.54, 1.807) is 6.07 Å². The predicted octanol–water partition coefficient (Wildman–Crippen LogP) is 4.31. The van der Waals surface area contributed by atoms with Gasteiger partial charge in [0, 0.05) is 16.6 Å². The molecule has 0 unspecified atom stereocenters. The van der Waals surface area contributed by atoms with Crippen molar-refractivity contribution in [1.82, 2.24) is 4.98 Å². The standard InChI is InChI=1S/C11H6Br2N2O3/c12-7-1-3-10(9(13)5-7)18-11-4-2-8(6-14-11)15(16)17/h1-6H. The Hall–Kier alpha value is -1.47. The van der Waals surface area contributed by atoms with Gasteiger partial charge in [-0.25, -0.2) is 4.98 Å². The van der Waals surface area contributed by atoms with Crippen LogP contribution in [-0.4, -0.2) is 9.91 Å². The second-order valence-corrected chi connectivity index (χ2v) is 5.06. The summed E-state index contributed by atoms with van der Waals surface area (Å²) in [5, 5.41) is 10.5. The minimum atomic E-state index is -0.508. The van der Waals surface area contributed by atoms with Crippen molar-refractivity contribution >= 4 is 37.5 Å². The maximum Gasteiger partial charge on any atom is 0.287 e. The second-order valence-electron chi connectivity index (χ2n) is 3.29. The van der Waals surface area contributed by atoms with Gasteiger partial charge < -0.3 is 4.74 Å². The van der Waals surface area contributed by atoms with Crippen LogP contribution >= 0.6 is 31.9 Å². The number of pyridine rings is 1. The molecule has 92 valence electrons. The minimum absolute atomic E-state index is 0.0720. The lowest BCUT2D eigenvalue weighted by molar-refractivity contribution is -0.385. The lowest BCUT2D eigenvalue weighted by Crippen LogP contribution is -1.92. The van der Waals surface area contributed by atoms with Crippen molar-refractivity contribution in [3.05, 3.63) is 55.6 Å². The molecule has 1 aromatic heterocycles. The van der Waals surface area contributed by atoms with Crippen LogP contribution < -0.4 is 4.74 Å². The average molecular weight is 374 g/mol. The molecule has 0 atom stereocenters. The van der Waals surface area contributed by atoms with Crippen LogP contribution in [0.15, 0.2) is 45.5 Å². The Morgan fingerprint density at radius 1 is 1.22 bits per heavy atom. The normalized spacial score (nSPS) is 10.1. The highest BCUT2D eigenvalue weighted by molar-refractivity contribution is 9.11. The molecule has 0 saturated heterocycles. The largest absolute Gasteiger partial charge is 0.438 e. The molecule has 5 nitrogen and oxygen atoms in total. The molecule has 0 saturated carbocycles. The van der Waals surface area contributed by atoms with Crippen LogP contribution in [0.5, 0.6) is 11.6 Å². The highest BCUT2D eigenvalue weighted by Crippen LogP contribution is 2.31. The Bertz CT molecular complexity index is 587. The summed E-state index contributed by atoms with van der Waals surface area (Å²) in [5.74, 6) is 0.878. The highest BCUT2D eigenvalue weighted by Gasteiger charge is 2.08. The fourth-order valence-electron chi connectivity index (χ4n) is 1.21. The summed E-state index contributed by atoms with van der Waals surface area (Å²) < 4.78 is 7.17. The second kappa shape index (κ2) is 5.45. The number of hydrogen-bond donors (Lipinski definition) is 0. The van der Waals surface area contributed by atoms with Crippen molar-refractivity contribution in [2.24, 2.45) is 0 Å². The van der Waals surface area contributed by atoms with Gasteiger partial charge in [0.05, 0.1) is 9.40 Å². The molecule has 1 aromatic carbocycles. The van der Waals surface area contributed by atoms with Crippen LogP contribution in [0, 0.1) is 10.1 Å². The molecule has 0 radical (unpaired) electrons. The number of hydrogen-bond acceptors (Lipinski definition) is 4. The molecule has 2 rings (SSSR count). The molecule has 0 bridgehead atoms. The van der Waals surface area contributed by atoms with E-state index in [0.717, 1.165) is 15.1 Å². The summed E-state index contributed by atoms with van der Waals surface area (Å²) in [6, 6.07) is 8.21.